The van der Waals surface area contributed by atoms with Gasteiger partial charge in [0.05, 0.1) is 18.0 Å². The summed E-state index contributed by atoms with van der Waals surface area (Å²) in [7, 11) is 0. The van der Waals surface area contributed by atoms with Crippen LogP contribution in [0.1, 0.15) is 45.6 Å². The number of nitrogens with one attached hydrogen (secondary N) is 2. The molecule has 154 valence electrons. The lowest BCUT2D eigenvalue weighted by Gasteiger charge is -2.26. The van der Waals surface area contributed by atoms with Crippen molar-refractivity contribution in [2.24, 2.45) is 0 Å². The van der Waals surface area contributed by atoms with Crippen LogP contribution in [0.4, 0.5) is 26.4 Å². The van der Waals surface area contributed by atoms with Crippen molar-refractivity contribution < 1.29 is 13.9 Å². The normalized spacial score (nSPS) is 19.7. The summed E-state index contributed by atoms with van der Waals surface area (Å²) in [6.45, 7) is 3.95. The quantitative estimate of drug-likeness (QED) is 0.594. The van der Waals surface area contributed by atoms with E-state index in [2.05, 4.69) is 25.6 Å². The molecule has 0 saturated heterocycles. The first-order valence-corrected chi connectivity index (χ1v) is 9.82. The number of aromatic nitrogens is 4. The maximum absolute atomic E-state index is 14.1. The van der Waals surface area contributed by atoms with E-state index < -0.39 is 11.6 Å². The lowest BCUT2D eigenvalue weighted by molar-refractivity contribution is 0.126. The third-order valence-electron chi connectivity index (χ3n) is 5.16. The summed E-state index contributed by atoms with van der Waals surface area (Å²) in [5.41, 5.74) is 1.34. The number of halogens is 2. The van der Waals surface area contributed by atoms with Crippen LogP contribution in [0.15, 0.2) is 24.4 Å². The molecule has 7 nitrogen and oxygen atoms in total. The zero-order valence-corrected chi connectivity index (χ0v) is 16.4. The third kappa shape index (κ3) is 4.14. The number of anilines is 3. The fourth-order valence-electron chi connectivity index (χ4n) is 3.65. The zero-order valence-electron chi connectivity index (χ0n) is 16.4. The van der Waals surface area contributed by atoms with Crippen molar-refractivity contribution in [2.45, 2.75) is 57.7 Å². The second-order valence-corrected chi connectivity index (χ2v) is 7.70. The number of hydrogen-bond acceptors (Lipinski definition) is 6. The van der Waals surface area contributed by atoms with Crippen molar-refractivity contribution in [3.63, 3.8) is 0 Å². The molecule has 29 heavy (non-hydrogen) atoms. The highest BCUT2D eigenvalue weighted by Crippen LogP contribution is 2.28. The SMILES string of the molecule is CC(C)n1c(Nc2ccc(F)cc2F)nc2cnc(NC3CCC(O)CC3)nc21. The minimum Gasteiger partial charge on any atom is -0.393 e. The Morgan fingerprint density at radius 2 is 1.90 bits per heavy atom. The Balaban J connectivity index is 1.64. The van der Waals surface area contributed by atoms with Crippen LogP contribution in [-0.4, -0.2) is 36.8 Å². The largest absolute Gasteiger partial charge is 0.393 e. The van der Waals surface area contributed by atoms with E-state index in [0.717, 1.165) is 31.7 Å². The van der Waals surface area contributed by atoms with Crippen molar-refractivity contribution >= 4 is 28.7 Å². The molecule has 9 heteroatoms. The van der Waals surface area contributed by atoms with Crippen molar-refractivity contribution in [1.29, 1.82) is 0 Å². The topological polar surface area (TPSA) is 87.9 Å². The third-order valence-corrected chi connectivity index (χ3v) is 5.16. The zero-order chi connectivity index (χ0) is 20.5. The fourth-order valence-corrected chi connectivity index (χ4v) is 3.65. The predicted octanol–water partition coefficient (Wildman–Crippen LogP) is 4.14. The highest BCUT2D eigenvalue weighted by molar-refractivity contribution is 5.76. The molecule has 2 heterocycles. The van der Waals surface area contributed by atoms with Gasteiger partial charge in [0.15, 0.2) is 5.65 Å². The maximum Gasteiger partial charge on any atom is 0.224 e. The number of rotatable bonds is 5. The van der Waals surface area contributed by atoms with Gasteiger partial charge in [-0.05, 0) is 51.7 Å². The van der Waals surface area contributed by atoms with Gasteiger partial charge in [0.25, 0.3) is 0 Å². The molecule has 1 saturated carbocycles. The van der Waals surface area contributed by atoms with Gasteiger partial charge >= 0.3 is 0 Å². The molecule has 0 aliphatic heterocycles. The second kappa shape index (κ2) is 7.90. The van der Waals surface area contributed by atoms with Gasteiger partial charge in [0.1, 0.15) is 17.2 Å². The number of aliphatic hydroxyl groups is 1. The molecule has 4 rings (SSSR count). The average molecular weight is 402 g/mol. The van der Waals surface area contributed by atoms with Crippen LogP contribution >= 0.6 is 0 Å². The minimum atomic E-state index is -0.694. The molecule has 3 N–H and O–H groups in total. The summed E-state index contributed by atoms with van der Waals surface area (Å²) in [5, 5.41) is 15.9. The minimum absolute atomic E-state index is 0.00131. The number of hydrogen-bond donors (Lipinski definition) is 3. The van der Waals surface area contributed by atoms with E-state index in [-0.39, 0.29) is 23.9 Å². The van der Waals surface area contributed by atoms with E-state index in [9.17, 15) is 13.9 Å². The van der Waals surface area contributed by atoms with Crippen LogP contribution < -0.4 is 10.6 Å². The molecular weight excluding hydrogens is 378 g/mol. The summed E-state index contributed by atoms with van der Waals surface area (Å²) in [6.07, 6.45) is 4.67. The smallest absolute Gasteiger partial charge is 0.224 e. The van der Waals surface area contributed by atoms with Crippen LogP contribution in [0.25, 0.3) is 11.2 Å². The molecule has 1 aliphatic rings. The van der Waals surface area contributed by atoms with Crippen molar-refractivity contribution in [2.75, 3.05) is 10.6 Å². The Kier molecular flexibility index (Phi) is 5.31. The van der Waals surface area contributed by atoms with Gasteiger partial charge in [0, 0.05) is 18.2 Å². The molecule has 0 unspecified atom stereocenters. The van der Waals surface area contributed by atoms with E-state index in [1.165, 1.54) is 12.1 Å². The molecule has 1 fully saturated rings. The van der Waals surface area contributed by atoms with Crippen molar-refractivity contribution in [3.05, 3.63) is 36.0 Å². The number of benzene rings is 1. The van der Waals surface area contributed by atoms with Gasteiger partial charge in [-0.1, -0.05) is 0 Å². The lowest BCUT2D eigenvalue weighted by Crippen LogP contribution is -2.28. The fraction of sp³-hybridized carbons (Fsp3) is 0.450. The monoisotopic (exact) mass is 402 g/mol. The number of imidazole rings is 1. The molecule has 0 bridgehead atoms. The van der Waals surface area contributed by atoms with E-state index >= 15 is 0 Å². The lowest BCUT2D eigenvalue weighted by atomic mass is 9.93. The predicted molar refractivity (Wildman–Crippen MR) is 107 cm³/mol. The van der Waals surface area contributed by atoms with Gasteiger partial charge in [-0.3, -0.25) is 4.57 Å². The van der Waals surface area contributed by atoms with E-state index in [0.29, 0.717) is 23.1 Å². The van der Waals surface area contributed by atoms with Crippen LogP contribution in [0.5, 0.6) is 0 Å². The highest BCUT2D eigenvalue weighted by atomic mass is 19.1. The molecular formula is C20H24F2N6O. The second-order valence-electron chi connectivity index (χ2n) is 7.70. The Morgan fingerprint density at radius 1 is 1.14 bits per heavy atom. The average Bonchev–Trinajstić information content (AvgIpc) is 3.03. The van der Waals surface area contributed by atoms with Crippen LogP contribution in [0.3, 0.4) is 0 Å². The Bertz CT molecular complexity index is 1010. The maximum atomic E-state index is 14.1. The van der Waals surface area contributed by atoms with Crippen LogP contribution in [-0.2, 0) is 0 Å². The van der Waals surface area contributed by atoms with Gasteiger partial charge in [-0.2, -0.15) is 4.98 Å². The van der Waals surface area contributed by atoms with Crippen molar-refractivity contribution in [3.8, 4) is 0 Å². The van der Waals surface area contributed by atoms with Crippen LogP contribution in [0, 0.1) is 11.6 Å². The van der Waals surface area contributed by atoms with E-state index in [4.69, 9.17) is 0 Å². The molecule has 1 aromatic carbocycles. The summed E-state index contributed by atoms with van der Waals surface area (Å²) in [6, 6.07) is 3.57. The molecule has 0 amide bonds. The van der Waals surface area contributed by atoms with E-state index in [1.54, 1.807) is 6.20 Å². The van der Waals surface area contributed by atoms with Gasteiger partial charge in [-0.15, -0.1) is 0 Å². The summed E-state index contributed by atoms with van der Waals surface area (Å²) < 4.78 is 29.1. The Hall–Kier alpha value is -2.81. The standard InChI is InChI=1S/C20H24F2N6O/c1-11(2)28-18-17(26-20(28)25-16-8-3-12(21)9-15(16)22)10-23-19(27-18)24-13-4-6-14(29)7-5-13/h3,8-11,13-14,29H,4-7H2,1-2H3,(H,25,26)(H,23,24,27). The first-order valence-electron chi connectivity index (χ1n) is 9.82. The van der Waals surface area contributed by atoms with Gasteiger partial charge < -0.3 is 15.7 Å². The molecule has 3 aromatic rings. The summed E-state index contributed by atoms with van der Waals surface area (Å²) in [5.74, 6) is -0.421. The molecule has 1 aliphatic carbocycles. The first-order chi connectivity index (χ1) is 13.9. The Labute approximate surface area is 167 Å². The van der Waals surface area contributed by atoms with Crippen LogP contribution in [0.2, 0.25) is 0 Å². The molecule has 0 atom stereocenters. The summed E-state index contributed by atoms with van der Waals surface area (Å²) >= 11 is 0. The number of fused-ring (bicyclic) bond motifs is 1. The van der Waals surface area contributed by atoms with Gasteiger partial charge in [0.2, 0.25) is 11.9 Å². The number of nitrogens with zero attached hydrogens (tertiary/aromatic N) is 4. The first kappa shape index (κ1) is 19.5. The van der Waals surface area contributed by atoms with Gasteiger partial charge in [-0.25, -0.2) is 18.7 Å². The number of aliphatic hydroxyl groups excluding tert-OH is 1. The van der Waals surface area contributed by atoms with Crippen molar-refractivity contribution in [1.82, 2.24) is 19.5 Å². The highest BCUT2D eigenvalue weighted by Gasteiger charge is 2.21. The molecule has 0 radical (unpaired) electrons. The Morgan fingerprint density at radius 3 is 2.59 bits per heavy atom. The molecule has 0 spiro atoms. The summed E-state index contributed by atoms with van der Waals surface area (Å²) in [4.78, 5) is 13.5. The molecule has 2 aromatic heterocycles. The van der Waals surface area contributed by atoms with E-state index in [1.807, 2.05) is 18.4 Å².